The molecule has 0 N–H and O–H groups in total. The summed E-state index contributed by atoms with van der Waals surface area (Å²) < 4.78 is 2.43. The topological polar surface area (TPSA) is 4.93 Å². The molecule has 0 fully saturated rings. The fraction of sp³-hybridized carbons (Fsp3) is 0. The molecule has 0 saturated carbocycles. The van der Waals surface area contributed by atoms with Gasteiger partial charge >= 0.3 is 0 Å². The van der Waals surface area contributed by atoms with Gasteiger partial charge in [0, 0.05) is 22.0 Å². The van der Waals surface area contributed by atoms with Crippen LogP contribution in [-0.4, -0.2) is 4.57 Å². The van der Waals surface area contributed by atoms with Crippen molar-refractivity contribution in [1.29, 1.82) is 0 Å². The molecule has 1 aromatic heterocycles. The lowest BCUT2D eigenvalue weighted by atomic mass is 9.89. The second kappa shape index (κ2) is 9.44. The standard InChI is InChI=1S/C42H27N/c1-2-13-29(14-3-1)43-41-24-11-10-21-37(41)39-23-12-22-38(42(39)43)31-16-5-4-15-30(31)28-25-26-36-34-19-7-6-17-32(34)33-18-8-9-20-35(33)40(36)27-28/h1-27H. The van der Waals surface area contributed by atoms with Crippen LogP contribution in [0.1, 0.15) is 0 Å². The molecule has 0 aliphatic heterocycles. The average Bonchev–Trinajstić information content (AvgIpc) is 3.43. The number of rotatable bonds is 3. The van der Waals surface area contributed by atoms with Crippen LogP contribution in [0.15, 0.2) is 164 Å². The highest BCUT2D eigenvalue weighted by molar-refractivity contribution is 6.26. The molecule has 0 spiro atoms. The highest BCUT2D eigenvalue weighted by atomic mass is 15.0. The molecule has 0 bridgehead atoms. The number of fused-ring (bicyclic) bond motifs is 9. The summed E-state index contributed by atoms with van der Waals surface area (Å²) in [6, 6.07) is 59.7. The molecule has 43 heavy (non-hydrogen) atoms. The van der Waals surface area contributed by atoms with Gasteiger partial charge in [-0.3, -0.25) is 0 Å². The Balaban J connectivity index is 1.35. The van der Waals surface area contributed by atoms with Gasteiger partial charge in [0.1, 0.15) is 0 Å². The number of hydrogen-bond acceptors (Lipinski definition) is 0. The first-order chi connectivity index (χ1) is 21.4. The SMILES string of the molecule is c1ccc(-n2c3ccccc3c3cccc(-c4ccccc4-c4ccc5c6ccccc6c6ccccc6c5c4)c32)cc1. The van der Waals surface area contributed by atoms with Gasteiger partial charge in [0.15, 0.2) is 0 Å². The van der Waals surface area contributed by atoms with Crippen LogP contribution in [0.4, 0.5) is 0 Å². The van der Waals surface area contributed by atoms with E-state index >= 15 is 0 Å². The summed E-state index contributed by atoms with van der Waals surface area (Å²) in [6.07, 6.45) is 0. The molecule has 0 radical (unpaired) electrons. The lowest BCUT2D eigenvalue weighted by molar-refractivity contribution is 1.18. The zero-order chi connectivity index (χ0) is 28.3. The number of benzene rings is 8. The van der Waals surface area contributed by atoms with Crippen LogP contribution >= 0.6 is 0 Å². The van der Waals surface area contributed by atoms with Gasteiger partial charge in [-0.05, 0) is 73.3 Å². The van der Waals surface area contributed by atoms with E-state index in [1.807, 2.05) is 0 Å². The number of aromatic nitrogens is 1. The Kier molecular flexibility index (Phi) is 5.27. The zero-order valence-electron chi connectivity index (χ0n) is 23.5. The maximum atomic E-state index is 2.43. The number of hydrogen-bond donors (Lipinski definition) is 0. The van der Waals surface area contributed by atoms with E-state index in [-0.39, 0.29) is 0 Å². The lowest BCUT2D eigenvalue weighted by Gasteiger charge is -2.16. The van der Waals surface area contributed by atoms with Crippen molar-refractivity contribution < 1.29 is 0 Å². The third kappa shape index (κ3) is 3.58. The maximum Gasteiger partial charge on any atom is 0.0619 e. The Morgan fingerprint density at radius 1 is 0.302 bits per heavy atom. The number of para-hydroxylation sites is 3. The smallest absolute Gasteiger partial charge is 0.0619 e. The van der Waals surface area contributed by atoms with Crippen LogP contribution < -0.4 is 0 Å². The predicted molar refractivity (Wildman–Crippen MR) is 184 cm³/mol. The highest BCUT2D eigenvalue weighted by Crippen LogP contribution is 2.43. The zero-order valence-corrected chi connectivity index (χ0v) is 23.5. The summed E-state index contributed by atoms with van der Waals surface area (Å²) in [4.78, 5) is 0. The van der Waals surface area contributed by atoms with Gasteiger partial charge in [0.2, 0.25) is 0 Å². The third-order valence-corrected chi connectivity index (χ3v) is 8.98. The Bertz CT molecular complexity index is 2460. The molecule has 0 unspecified atom stereocenters. The van der Waals surface area contributed by atoms with Gasteiger partial charge in [-0.1, -0.05) is 140 Å². The first-order valence-corrected chi connectivity index (χ1v) is 14.9. The fourth-order valence-corrected chi connectivity index (χ4v) is 7.13. The molecule has 8 aromatic carbocycles. The molecule has 1 heterocycles. The normalized spacial score (nSPS) is 11.7. The van der Waals surface area contributed by atoms with Crippen LogP contribution in [0.25, 0.3) is 82.1 Å². The average molecular weight is 546 g/mol. The fourth-order valence-electron chi connectivity index (χ4n) is 7.13. The summed E-state index contributed by atoms with van der Waals surface area (Å²) in [7, 11) is 0. The first-order valence-electron chi connectivity index (χ1n) is 14.9. The first kappa shape index (κ1) is 24.0. The third-order valence-electron chi connectivity index (χ3n) is 8.98. The van der Waals surface area contributed by atoms with Crippen molar-refractivity contribution in [3.8, 4) is 27.9 Å². The maximum absolute atomic E-state index is 2.43. The van der Waals surface area contributed by atoms with E-state index in [1.54, 1.807) is 0 Å². The Morgan fingerprint density at radius 2 is 0.814 bits per heavy atom. The van der Waals surface area contributed by atoms with E-state index in [9.17, 15) is 0 Å². The van der Waals surface area contributed by atoms with E-state index in [1.165, 1.54) is 82.1 Å². The van der Waals surface area contributed by atoms with Gasteiger partial charge in [-0.25, -0.2) is 0 Å². The lowest BCUT2D eigenvalue weighted by Crippen LogP contribution is -1.96. The molecule has 1 heteroatoms. The van der Waals surface area contributed by atoms with Crippen molar-refractivity contribution >= 4 is 54.1 Å². The highest BCUT2D eigenvalue weighted by Gasteiger charge is 2.18. The minimum absolute atomic E-state index is 1.17. The van der Waals surface area contributed by atoms with Crippen LogP contribution in [0.2, 0.25) is 0 Å². The van der Waals surface area contributed by atoms with E-state index in [0.29, 0.717) is 0 Å². The van der Waals surface area contributed by atoms with E-state index in [4.69, 9.17) is 0 Å². The Morgan fingerprint density at radius 3 is 1.53 bits per heavy atom. The van der Waals surface area contributed by atoms with Crippen LogP contribution in [0, 0.1) is 0 Å². The van der Waals surface area contributed by atoms with Gasteiger partial charge in [0.25, 0.3) is 0 Å². The second-order valence-corrected chi connectivity index (χ2v) is 11.3. The van der Waals surface area contributed by atoms with Crippen molar-refractivity contribution in [2.45, 2.75) is 0 Å². The van der Waals surface area contributed by atoms with Crippen molar-refractivity contribution in [2.24, 2.45) is 0 Å². The van der Waals surface area contributed by atoms with Crippen LogP contribution in [0.3, 0.4) is 0 Å². The van der Waals surface area contributed by atoms with Gasteiger partial charge in [-0.2, -0.15) is 0 Å². The number of nitrogens with zero attached hydrogens (tertiary/aromatic N) is 1. The minimum Gasteiger partial charge on any atom is -0.309 e. The summed E-state index contributed by atoms with van der Waals surface area (Å²) in [6.45, 7) is 0. The summed E-state index contributed by atoms with van der Waals surface area (Å²) in [5.74, 6) is 0. The molecule has 0 aliphatic rings. The van der Waals surface area contributed by atoms with E-state index in [2.05, 4.69) is 168 Å². The molecule has 0 amide bonds. The summed E-state index contributed by atoms with van der Waals surface area (Å²) >= 11 is 0. The summed E-state index contributed by atoms with van der Waals surface area (Å²) in [5.41, 5.74) is 8.55. The largest absolute Gasteiger partial charge is 0.309 e. The van der Waals surface area contributed by atoms with Crippen molar-refractivity contribution in [3.63, 3.8) is 0 Å². The van der Waals surface area contributed by atoms with E-state index < -0.39 is 0 Å². The molecule has 9 rings (SSSR count). The molecule has 0 saturated heterocycles. The van der Waals surface area contributed by atoms with Crippen LogP contribution in [-0.2, 0) is 0 Å². The van der Waals surface area contributed by atoms with Gasteiger partial charge in [0.05, 0.1) is 11.0 Å². The van der Waals surface area contributed by atoms with E-state index in [0.717, 1.165) is 0 Å². The quantitative estimate of drug-likeness (QED) is 0.195. The van der Waals surface area contributed by atoms with Crippen molar-refractivity contribution in [2.75, 3.05) is 0 Å². The molecular weight excluding hydrogens is 518 g/mol. The van der Waals surface area contributed by atoms with Crippen molar-refractivity contribution in [3.05, 3.63) is 164 Å². The van der Waals surface area contributed by atoms with Gasteiger partial charge in [-0.15, -0.1) is 0 Å². The molecule has 9 aromatic rings. The monoisotopic (exact) mass is 545 g/mol. The second-order valence-electron chi connectivity index (χ2n) is 11.3. The van der Waals surface area contributed by atoms with Crippen LogP contribution in [0.5, 0.6) is 0 Å². The minimum atomic E-state index is 1.17. The molecule has 0 aliphatic carbocycles. The predicted octanol–water partition coefficient (Wildman–Crippen LogP) is 11.6. The Labute approximate surface area is 249 Å². The molecular formula is C42H27N. The molecule has 200 valence electrons. The summed E-state index contributed by atoms with van der Waals surface area (Å²) in [5, 5.41) is 10.3. The molecule has 0 atom stereocenters. The van der Waals surface area contributed by atoms with Crippen molar-refractivity contribution in [1.82, 2.24) is 4.57 Å². The van der Waals surface area contributed by atoms with Gasteiger partial charge < -0.3 is 4.57 Å². The Hall–Kier alpha value is -5.66. The molecule has 1 nitrogen and oxygen atoms in total.